The fraction of sp³-hybridized carbons (Fsp3) is 0.895. The molecule has 0 spiro atoms. The Morgan fingerprint density at radius 1 is 0.808 bits per heavy atom. The zero-order chi connectivity index (χ0) is 18.3. The van der Waals surface area contributed by atoms with Gasteiger partial charge in [0.05, 0.1) is 0 Å². The molecule has 1 rings (SSSR count). The average molecular weight is 389 g/mol. The molecule has 0 unspecified atom stereocenters. The number of rotatable bonds is 11. The molecule has 0 bridgehead atoms. The summed E-state index contributed by atoms with van der Waals surface area (Å²) in [6.45, 7) is 6.74. The Bertz CT molecular complexity index is 369. The second-order valence-electron chi connectivity index (χ2n) is 7.25. The Hall–Kier alpha value is -1.01. The van der Waals surface area contributed by atoms with Crippen molar-refractivity contribution in [2.75, 3.05) is 39.8 Å². The molecule has 0 saturated carbocycles. The molecule has 4 N–H and O–H groups in total. The maximum Gasteiger partial charge on any atom is 0.197 e. The minimum absolute atomic E-state index is 0. The molecule has 26 heavy (non-hydrogen) atoms. The van der Waals surface area contributed by atoms with Gasteiger partial charge in [0.15, 0.2) is 11.9 Å². The number of hydrogen-bond donors (Lipinski definition) is 4. The summed E-state index contributed by atoms with van der Waals surface area (Å²) in [6.07, 6.45) is 13.2. The number of unbranched alkanes of at least 4 members (excludes halogenated alkanes) is 9. The minimum Gasteiger partial charge on any atom is -0.356 e. The van der Waals surface area contributed by atoms with Crippen LogP contribution >= 0.6 is 12.4 Å². The number of nitrogens with zero attached hydrogens (tertiary/aromatic N) is 2. The molecule has 1 aliphatic heterocycles. The molecule has 7 heteroatoms. The Morgan fingerprint density at radius 3 is 1.85 bits per heavy atom. The van der Waals surface area contributed by atoms with E-state index in [2.05, 4.69) is 29.5 Å². The Kier molecular flexibility index (Phi) is 15.6. The van der Waals surface area contributed by atoms with Crippen LogP contribution in [0, 0.1) is 10.8 Å². The van der Waals surface area contributed by atoms with E-state index in [0.29, 0.717) is 5.96 Å². The number of guanidine groups is 2. The first-order chi connectivity index (χ1) is 12.1. The molecule has 1 heterocycles. The zero-order valence-corrected chi connectivity index (χ0v) is 17.7. The van der Waals surface area contributed by atoms with Gasteiger partial charge in [-0.25, -0.2) is 0 Å². The lowest BCUT2D eigenvalue weighted by Crippen LogP contribution is -2.54. The number of piperazine rings is 1. The molecular weight excluding hydrogens is 348 g/mol. The van der Waals surface area contributed by atoms with Gasteiger partial charge in [-0.1, -0.05) is 64.7 Å². The summed E-state index contributed by atoms with van der Waals surface area (Å²) in [5.41, 5.74) is 0. The van der Waals surface area contributed by atoms with E-state index in [4.69, 9.17) is 10.8 Å². The maximum atomic E-state index is 8.05. The van der Waals surface area contributed by atoms with E-state index in [9.17, 15) is 0 Å². The van der Waals surface area contributed by atoms with Crippen molar-refractivity contribution in [3.8, 4) is 0 Å². The smallest absolute Gasteiger partial charge is 0.197 e. The lowest BCUT2D eigenvalue weighted by Gasteiger charge is -2.34. The third kappa shape index (κ3) is 12.4. The highest BCUT2D eigenvalue weighted by molar-refractivity contribution is 5.95. The fourth-order valence-electron chi connectivity index (χ4n) is 3.10. The summed E-state index contributed by atoms with van der Waals surface area (Å²) in [4.78, 5) is 4.26. The summed E-state index contributed by atoms with van der Waals surface area (Å²) < 4.78 is 0. The highest BCUT2D eigenvalue weighted by Crippen LogP contribution is 2.10. The molecule has 0 aromatic carbocycles. The lowest BCUT2D eigenvalue weighted by atomic mass is 10.1. The van der Waals surface area contributed by atoms with Crippen LogP contribution in [0.4, 0.5) is 0 Å². The van der Waals surface area contributed by atoms with Crippen molar-refractivity contribution >= 4 is 24.3 Å². The summed E-state index contributed by atoms with van der Waals surface area (Å²) in [5, 5.41) is 21.9. The normalized spacial score (nSPS) is 14.6. The van der Waals surface area contributed by atoms with Crippen molar-refractivity contribution in [2.24, 2.45) is 0 Å². The van der Waals surface area contributed by atoms with E-state index >= 15 is 0 Å². The summed E-state index contributed by atoms with van der Waals surface area (Å²) >= 11 is 0. The summed E-state index contributed by atoms with van der Waals surface area (Å²) in [7, 11) is 2.10. The van der Waals surface area contributed by atoms with Crippen LogP contribution in [0.3, 0.4) is 0 Å². The van der Waals surface area contributed by atoms with Gasteiger partial charge >= 0.3 is 0 Å². The molecule has 0 aromatic heterocycles. The maximum absolute atomic E-state index is 8.05. The van der Waals surface area contributed by atoms with E-state index in [-0.39, 0.29) is 18.4 Å². The number of likely N-dealkylation sites (N-methyl/N-ethyl adjacent to an activating group) is 1. The van der Waals surface area contributed by atoms with Gasteiger partial charge in [-0.3, -0.25) is 16.1 Å². The topological polar surface area (TPSA) is 78.2 Å². The monoisotopic (exact) mass is 388 g/mol. The van der Waals surface area contributed by atoms with Crippen molar-refractivity contribution < 1.29 is 0 Å². The van der Waals surface area contributed by atoms with Gasteiger partial charge in [0.25, 0.3) is 0 Å². The number of nitrogens with one attached hydrogen (secondary N) is 4. The van der Waals surface area contributed by atoms with Crippen LogP contribution in [-0.4, -0.2) is 61.5 Å². The highest BCUT2D eigenvalue weighted by atomic mass is 35.5. The molecule has 6 nitrogen and oxygen atoms in total. The molecule has 154 valence electrons. The molecular formula is C19H41ClN6. The first-order valence-electron chi connectivity index (χ1n) is 10.2. The van der Waals surface area contributed by atoms with E-state index in [1.165, 1.54) is 57.8 Å². The van der Waals surface area contributed by atoms with Gasteiger partial charge in [0.2, 0.25) is 0 Å². The molecule has 1 aliphatic rings. The van der Waals surface area contributed by atoms with E-state index in [1.54, 1.807) is 0 Å². The van der Waals surface area contributed by atoms with Gasteiger partial charge in [-0.2, -0.15) is 0 Å². The second kappa shape index (κ2) is 16.2. The number of hydrogen-bond acceptors (Lipinski definition) is 3. The SMILES string of the molecule is CCCCCCCCCCCCNC(=N)NC(=N)N1CCN(C)CC1.Cl. The predicted octanol–water partition coefficient (Wildman–Crippen LogP) is 3.63. The van der Waals surface area contributed by atoms with E-state index < -0.39 is 0 Å². The Morgan fingerprint density at radius 2 is 1.31 bits per heavy atom. The van der Waals surface area contributed by atoms with Crippen molar-refractivity contribution in [2.45, 2.75) is 71.1 Å². The number of halogens is 1. The van der Waals surface area contributed by atoms with Gasteiger partial charge in [0.1, 0.15) is 0 Å². The second-order valence-corrected chi connectivity index (χ2v) is 7.25. The van der Waals surface area contributed by atoms with Crippen molar-refractivity contribution in [1.29, 1.82) is 10.8 Å². The van der Waals surface area contributed by atoms with Crippen LogP contribution in [0.1, 0.15) is 71.1 Å². The summed E-state index contributed by atoms with van der Waals surface area (Å²) in [5.74, 6) is 0.591. The van der Waals surface area contributed by atoms with Gasteiger partial charge < -0.3 is 15.1 Å². The van der Waals surface area contributed by atoms with E-state index in [1.807, 2.05) is 4.90 Å². The molecule has 0 radical (unpaired) electrons. The van der Waals surface area contributed by atoms with Crippen LogP contribution in [0.2, 0.25) is 0 Å². The molecule has 0 aliphatic carbocycles. The van der Waals surface area contributed by atoms with Crippen LogP contribution in [-0.2, 0) is 0 Å². The van der Waals surface area contributed by atoms with Crippen LogP contribution < -0.4 is 10.6 Å². The predicted molar refractivity (Wildman–Crippen MR) is 115 cm³/mol. The van der Waals surface area contributed by atoms with Crippen LogP contribution in [0.5, 0.6) is 0 Å². The minimum atomic E-state index is 0. The molecule has 0 atom stereocenters. The van der Waals surface area contributed by atoms with Crippen molar-refractivity contribution in [3.05, 3.63) is 0 Å². The molecule has 0 aromatic rings. The van der Waals surface area contributed by atoms with Gasteiger partial charge in [-0.05, 0) is 13.5 Å². The van der Waals surface area contributed by atoms with Gasteiger partial charge in [0, 0.05) is 32.7 Å². The Balaban J connectivity index is 0.00000625. The quantitative estimate of drug-likeness (QED) is 0.247. The molecule has 0 amide bonds. The van der Waals surface area contributed by atoms with Gasteiger partial charge in [-0.15, -0.1) is 12.4 Å². The zero-order valence-electron chi connectivity index (χ0n) is 16.9. The van der Waals surface area contributed by atoms with Crippen molar-refractivity contribution in [3.63, 3.8) is 0 Å². The van der Waals surface area contributed by atoms with Crippen LogP contribution in [0.25, 0.3) is 0 Å². The first-order valence-corrected chi connectivity index (χ1v) is 10.2. The lowest BCUT2D eigenvalue weighted by molar-refractivity contribution is 0.212. The van der Waals surface area contributed by atoms with E-state index in [0.717, 1.165) is 39.1 Å². The van der Waals surface area contributed by atoms with Crippen LogP contribution in [0.15, 0.2) is 0 Å². The fourth-order valence-corrected chi connectivity index (χ4v) is 3.10. The third-order valence-corrected chi connectivity index (χ3v) is 4.90. The third-order valence-electron chi connectivity index (χ3n) is 4.90. The molecule has 1 saturated heterocycles. The Labute approximate surface area is 166 Å². The average Bonchev–Trinajstić information content (AvgIpc) is 2.60. The summed E-state index contributed by atoms with van der Waals surface area (Å²) in [6, 6.07) is 0. The highest BCUT2D eigenvalue weighted by Gasteiger charge is 2.16. The molecule has 1 fully saturated rings. The largest absolute Gasteiger partial charge is 0.356 e. The van der Waals surface area contributed by atoms with Crippen molar-refractivity contribution in [1.82, 2.24) is 20.4 Å². The standard InChI is InChI=1S/C19H40N6.ClH/c1-3-4-5-6-7-8-9-10-11-12-13-22-18(20)23-19(21)25-16-14-24(2)15-17-25;/h3-17H2,1-2H3,(H4,20,21,22,23);1H. The first kappa shape index (κ1) is 25.0.